The molecule has 3 rings (SSSR count). The second kappa shape index (κ2) is 7.79. The van der Waals surface area contributed by atoms with Crippen LogP contribution in [0.1, 0.15) is 32.6 Å². The third-order valence-corrected chi connectivity index (χ3v) is 5.67. The average Bonchev–Trinajstić information content (AvgIpc) is 2.72. The lowest BCUT2D eigenvalue weighted by molar-refractivity contribution is -0.150. The molecule has 9 heteroatoms. The fourth-order valence-corrected chi connectivity index (χ4v) is 4.43. The van der Waals surface area contributed by atoms with Gasteiger partial charge in [0.1, 0.15) is 0 Å². The quantitative estimate of drug-likeness (QED) is 0.544. The van der Waals surface area contributed by atoms with E-state index in [9.17, 15) is 9.59 Å². The standard InChI is InChI=1S/C15H22N4O3S2/c1-2-22-13(21)11-5-3-7-17(9-11)10-19-15(23)24-14-16-12(20)6-4-8-18(14)19/h11H,2-10H2,1H3/t11-/m1/s1. The molecule has 1 atom stereocenters. The number of hydrogen-bond acceptors (Lipinski definition) is 7. The molecular formula is C15H22N4O3S2. The lowest BCUT2D eigenvalue weighted by Gasteiger charge is -2.37. The molecular weight excluding hydrogens is 348 g/mol. The maximum atomic E-state index is 12.0. The smallest absolute Gasteiger partial charge is 0.310 e. The molecule has 132 valence electrons. The van der Waals surface area contributed by atoms with Crippen LogP contribution < -0.4 is 0 Å². The molecule has 1 amide bonds. The zero-order valence-electron chi connectivity index (χ0n) is 13.8. The van der Waals surface area contributed by atoms with Crippen LogP contribution in [0.15, 0.2) is 4.99 Å². The van der Waals surface area contributed by atoms with Gasteiger partial charge in [0.05, 0.1) is 19.2 Å². The molecule has 0 saturated carbocycles. The van der Waals surface area contributed by atoms with E-state index in [2.05, 4.69) is 9.89 Å². The third-order valence-electron chi connectivity index (χ3n) is 4.34. The maximum absolute atomic E-state index is 12.0. The van der Waals surface area contributed by atoms with Crippen molar-refractivity contribution in [1.82, 2.24) is 14.9 Å². The SMILES string of the molecule is CCOC(=O)[C@@H]1CCCN(CN2C(=S)SC3=NC(=O)CCCN32)C1. The van der Waals surface area contributed by atoms with Gasteiger partial charge in [-0.1, -0.05) is 12.2 Å². The number of ether oxygens (including phenoxy) is 1. The first kappa shape index (κ1) is 17.6. The fourth-order valence-electron chi connectivity index (χ4n) is 3.18. The van der Waals surface area contributed by atoms with Gasteiger partial charge in [0.2, 0.25) is 5.91 Å². The topological polar surface area (TPSA) is 65.5 Å². The summed E-state index contributed by atoms with van der Waals surface area (Å²) in [6, 6.07) is 0. The first-order chi connectivity index (χ1) is 11.6. The second-order valence-electron chi connectivity index (χ2n) is 6.09. The Morgan fingerprint density at radius 3 is 3.04 bits per heavy atom. The summed E-state index contributed by atoms with van der Waals surface area (Å²) in [5.41, 5.74) is 0. The molecule has 0 aromatic carbocycles. The minimum absolute atomic E-state index is 0.0682. The van der Waals surface area contributed by atoms with Crippen molar-refractivity contribution in [1.29, 1.82) is 0 Å². The first-order valence-corrected chi connectivity index (χ1v) is 9.58. The molecule has 3 heterocycles. The summed E-state index contributed by atoms with van der Waals surface area (Å²) in [7, 11) is 0. The van der Waals surface area contributed by atoms with E-state index in [1.807, 2.05) is 16.9 Å². The Labute approximate surface area is 151 Å². The highest BCUT2D eigenvalue weighted by Crippen LogP contribution is 2.29. The molecule has 0 bridgehead atoms. The minimum Gasteiger partial charge on any atom is -0.466 e. The summed E-state index contributed by atoms with van der Waals surface area (Å²) in [5, 5.41) is 4.69. The molecule has 0 N–H and O–H groups in total. The molecule has 0 spiro atoms. The van der Waals surface area contributed by atoms with Crippen LogP contribution >= 0.6 is 24.0 Å². The molecule has 0 unspecified atom stereocenters. The number of rotatable bonds is 4. The van der Waals surface area contributed by atoms with Crippen LogP contribution in [-0.2, 0) is 14.3 Å². The fraction of sp³-hybridized carbons (Fsp3) is 0.733. The predicted molar refractivity (Wildman–Crippen MR) is 96.2 cm³/mol. The number of fused-ring (bicyclic) bond motifs is 1. The number of carbonyl (C=O) groups is 2. The number of hydrogen-bond donors (Lipinski definition) is 0. The molecule has 2 fully saturated rings. The van der Waals surface area contributed by atoms with Crippen LogP contribution in [0.25, 0.3) is 0 Å². The van der Waals surface area contributed by atoms with Crippen LogP contribution in [-0.4, -0.2) is 69.2 Å². The Hall–Kier alpha value is -1.19. The van der Waals surface area contributed by atoms with Gasteiger partial charge in [-0.05, 0) is 44.5 Å². The number of esters is 1. The van der Waals surface area contributed by atoms with E-state index in [0.717, 1.165) is 32.4 Å². The van der Waals surface area contributed by atoms with Gasteiger partial charge < -0.3 is 4.74 Å². The normalized spacial score (nSPS) is 25.4. The Morgan fingerprint density at radius 1 is 1.42 bits per heavy atom. The highest BCUT2D eigenvalue weighted by molar-refractivity contribution is 8.33. The van der Waals surface area contributed by atoms with Crippen LogP contribution in [0.4, 0.5) is 0 Å². The molecule has 0 aromatic heterocycles. The van der Waals surface area contributed by atoms with Gasteiger partial charge >= 0.3 is 5.97 Å². The van der Waals surface area contributed by atoms with E-state index in [4.69, 9.17) is 17.0 Å². The van der Waals surface area contributed by atoms with Gasteiger partial charge in [0.25, 0.3) is 0 Å². The van der Waals surface area contributed by atoms with Gasteiger partial charge in [0, 0.05) is 19.5 Å². The number of hydrazine groups is 1. The number of amides is 1. The van der Waals surface area contributed by atoms with Crippen molar-refractivity contribution in [3.63, 3.8) is 0 Å². The minimum atomic E-state index is -0.108. The number of aliphatic imine (C=N–C) groups is 1. The van der Waals surface area contributed by atoms with Gasteiger partial charge in [-0.25, -0.2) is 0 Å². The summed E-state index contributed by atoms with van der Waals surface area (Å²) in [6.07, 6.45) is 3.10. The van der Waals surface area contributed by atoms with E-state index < -0.39 is 0 Å². The summed E-state index contributed by atoms with van der Waals surface area (Å²) in [6.45, 7) is 5.23. The highest BCUT2D eigenvalue weighted by atomic mass is 32.2. The molecule has 3 aliphatic heterocycles. The summed E-state index contributed by atoms with van der Waals surface area (Å²) < 4.78 is 5.87. The van der Waals surface area contributed by atoms with Crippen molar-refractivity contribution in [2.75, 3.05) is 32.9 Å². The van der Waals surface area contributed by atoms with E-state index in [1.54, 1.807) is 0 Å². The van der Waals surface area contributed by atoms with Crippen molar-refractivity contribution >= 4 is 45.3 Å². The van der Waals surface area contributed by atoms with Gasteiger partial charge in [-0.3, -0.25) is 24.5 Å². The van der Waals surface area contributed by atoms with Crippen LogP contribution in [0.3, 0.4) is 0 Å². The lowest BCUT2D eigenvalue weighted by atomic mass is 9.98. The van der Waals surface area contributed by atoms with E-state index in [1.165, 1.54) is 11.8 Å². The first-order valence-electron chi connectivity index (χ1n) is 8.35. The van der Waals surface area contributed by atoms with Crippen LogP contribution in [0.5, 0.6) is 0 Å². The van der Waals surface area contributed by atoms with Crippen LogP contribution in [0, 0.1) is 5.92 Å². The highest BCUT2D eigenvalue weighted by Gasteiger charge is 2.36. The molecule has 0 radical (unpaired) electrons. The van der Waals surface area contributed by atoms with E-state index in [-0.39, 0.29) is 17.8 Å². The van der Waals surface area contributed by atoms with E-state index in [0.29, 0.717) is 35.7 Å². The molecule has 7 nitrogen and oxygen atoms in total. The summed E-state index contributed by atoms with van der Waals surface area (Å²) in [5.74, 6) is -0.255. The Bertz CT molecular complexity index is 569. The third kappa shape index (κ3) is 3.89. The Kier molecular flexibility index (Phi) is 5.72. The van der Waals surface area contributed by atoms with Crippen molar-refractivity contribution < 1.29 is 14.3 Å². The zero-order valence-corrected chi connectivity index (χ0v) is 15.4. The van der Waals surface area contributed by atoms with Crippen LogP contribution in [0.2, 0.25) is 0 Å². The zero-order chi connectivity index (χ0) is 17.1. The van der Waals surface area contributed by atoms with Crippen molar-refractivity contribution in [2.24, 2.45) is 10.9 Å². The maximum Gasteiger partial charge on any atom is 0.310 e. The molecule has 0 aliphatic carbocycles. The molecule has 24 heavy (non-hydrogen) atoms. The molecule has 3 aliphatic rings. The monoisotopic (exact) mass is 370 g/mol. The number of carbonyl (C=O) groups excluding carboxylic acids is 2. The van der Waals surface area contributed by atoms with Gasteiger partial charge in [-0.15, -0.1) is 0 Å². The largest absolute Gasteiger partial charge is 0.466 e. The molecule has 2 saturated heterocycles. The number of thioether (sulfide) groups is 1. The van der Waals surface area contributed by atoms with E-state index >= 15 is 0 Å². The summed E-state index contributed by atoms with van der Waals surface area (Å²) >= 11 is 6.84. The Morgan fingerprint density at radius 2 is 2.25 bits per heavy atom. The van der Waals surface area contributed by atoms with Crippen molar-refractivity contribution in [3.8, 4) is 0 Å². The number of nitrogens with zero attached hydrogens (tertiary/aromatic N) is 4. The summed E-state index contributed by atoms with van der Waals surface area (Å²) in [4.78, 5) is 30.0. The molecule has 0 aromatic rings. The van der Waals surface area contributed by atoms with Gasteiger partial charge in [-0.2, -0.15) is 4.99 Å². The average molecular weight is 371 g/mol. The lowest BCUT2D eigenvalue weighted by Crippen LogP contribution is -2.50. The van der Waals surface area contributed by atoms with Crippen molar-refractivity contribution in [2.45, 2.75) is 32.6 Å². The predicted octanol–water partition coefficient (Wildman–Crippen LogP) is 1.45. The number of amidine groups is 1. The number of thiocarbonyl (C=S) groups is 1. The Balaban J connectivity index is 1.64. The number of likely N-dealkylation sites (tertiary alicyclic amines) is 1. The van der Waals surface area contributed by atoms with Crippen molar-refractivity contribution in [3.05, 3.63) is 0 Å². The van der Waals surface area contributed by atoms with Gasteiger partial charge in [0.15, 0.2) is 9.49 Å². The second-order valence-corrected chi connectivity index (χ2v) is 7.69. The number of piperidine rings is 1.